The van der Waals surface area contributed by atoms with Crippen LogP contribution in [0.3, 0.4) is 0 Å². The third kappa shape index (κ3) is 1.50. The summed E-state index contributed by atoms with van der Waals surface area (Å²) in [5.41, 5.74) is 2.85. The summed E-state index contributed by atoms with van der Waals surface area (Å²) in [6.45, 7) is 0. The van der Waals surface area contributed by atoms with Gasteiger partial charge in [-0.3, -0.25) is 4.68 Å². The van der Waals surface area contributed by atoms with E-state index in [2.05, 4.69) is 5.10 Å². The van der Waals surface area contributed by atoms with Crippen molar-refractivity contribution in [3.05, 3.63) is 11.3 Å². The Morgan fingerprint density at radius 1 is 1.20 bits per heavy atom. The Balaban J connectivity index is 2.09. The van der Waals surface area contributed by atoms with Gasteiger partial charge in [0.2, 0.25) is 0 Å². The predicted octanol–water partition coefficient (Wildman–Crippen LogP) is -0.223. The smallest absolute Gasteiger partial charge is 0.422 e. The Hall–Kier alpha value is -0.805. The largest absolute Gasteiger partial charge is 0.508 e. The van der Waals surface area contributed by atoms with Crippen LogP contribution in [0.15, 0.2) is 0 Å². The van der Waals surface area contributed by atoms with Gasteiger partial charge in [-0.2, -0.15) is 5.10 Å². The molecule has 0 saturated heterocycles. The van der Waals surface area contributed by atoms with Crippen molar-refractivity contribution in [3.8, 4) is 0 Å². The first-order valence-corrected chi connectivity index (χ1v) is 5.73. The number of hydrogen-bond donors (Lipinski definition) is 2. The molecule has 0 bridgehead atoms. The molecule has 0 radical (unpaired) electrons. The zero-order valence-electron chi connectivity index (χ0n) is 8.69. The summed E-state index contributed by atoms with van der Waals surface area (Å²) in [5.74, 6) is 0. The highest BCUT2D eigenvalue weighted by molar-refractivity contribution is 6.58. The molecule has 2 aliphatic carbocycles. The molecule has 0 aliphatic heterocycles. The molecular weight excluding hydrogens is 191 g/mol. The number of rotatable bonds is 2. The molecule has 4 nitrogen and oxygen atoms in total. The number of fused-ring (bicyclic) bond motifs is 1. The van der Waals surface area contributed by atoms with Gasteiger partial charge in [0.25, 0.3) is 0 Å². The normalized spacial score (nSPS) is 20.1. The van der Waals surface area contributed by atoms with Gasteiger partial charge in [-0.1, -0.05) is 0 Å². The lowest BCUT2D eigenvalue weighted by Crippen LogP contribution is -2.39. The van der Waals surface area contributed by atoms with E-state index >= 15 is 0 Å². The van der Waals surface area contributed by atoms with Crippen molar-refractivity contribution in [3.63, 3.8) is 0 Å². The van der Waals surface area contributed by atoms with Crippen LogP contribution in [0.1, 0.15) is 43.0 Å². The van der Waals surface area contributed by atoms with Gasteiger partial charge in [0.05, 0.1) is 17.3 Å². The molecule has 0 unspecified atom stereocenters. The molecule has 15 heavy (non-hydrogen) atoms. The fourth-order valence-corrected chi connectivity index (χ4v) is 2.47. The predicted molar refractivity (Wildman–Crippen MR) is 57.0 cm³/mol. The lowest BCUT2D eigenvalue weighted by atomic mass is 9.79. The minimum atomic E-state index is -1.36. The second-order valence-corrected chi connectivity index (χ2v) is 4.57. The maximum atomic E-state index is 9.42. The van der Waals surface area contributed by atoms with Crippen LogP contribution < -0.4 is 5.59 Å². The first-order chi connectivity index (χ1) is 7.27. The molecule has 5 heteroatoms. The Bertz CT molecular complexity index is 385. The minimum absolute atomic E-state index is 0.424. The van der Waals surface area contributed by atoms with E-state index in [4.69, 9.17) is 0 Å². The molecule has 2 aliphatic rings. The number of aryl methyl sites for hydroxylation is 1. The van der Waals surface area contributed by atoms with E-state index in [1.165, 1.54) is 6.42 Å². The summed E-state index contributed by atoms with van der Waals surface area (Å²) >= 11 is 0. The van der Waals surface area contributed by atoms with E-state index in [9.17, 15) is 10.0 Å². The quantitative estimate of drug-likeness (QED) is 0.657. The van der Waals surface area contributed by atoms with E-state index in [1.54, 1.807) is 0 Å². The zero-order chi connectivity index (χ0) is 10.4. The van der Waals surface area contributed by atoms with Gasteiger partial charge < -0.3 is 10.0 Å². The highest BCUT2D eigenvalue weighted by atomic mass is 16.4. The third-order valence-electron chi connectivity index (χ3n) is 3.36. The molecule has 1 aromatic heterocycles. The molecule has 0 atom stereocenters. The summed E-state index contributed by atoms with van der Waals surface area (Å²) in [5, 5.41) is 23.4. The highest BCUT2D eigenvalue weighted by Gasteiger charge is 2.34. The van der Waals surface area contributed by atoms with Crippen molar-refractivity contribution < 1.29 is 10.0 Å². The number of hydrogen-bond acceptors (Lipinski definition) is 3. The van der Waals surface area contributed by atoms with Crippen molar-refractivity contribution in [2.75, 3.05) is 0 Å². The van der Waals surface area contributed by atoms with E-state index in [-0.39, 0.29) is 0 Å². The fourth-order valence-electron chi connectivity index (χ4n) is 2.47. The van der Waals surface area contributed by atoms with Gasteiger partial charge in [0, 0.05) is 0 Å². The first kappa shape index (κ1) is 9.42. The summed E-state index contributed by atoms with van der Waals surface area (Å²) in [7, 11) is -1.36. The Morgan fingerprint density at radius 3 is 2.60 bits per heavy atom. The van der Waals surface area contributed by atoms with Gasteiger partial charge >= 0.3 is 7.12 Å². The second kappa shape index (κ2) is 3.35. The van der Waals surface area contributed by atoms with Gasteiger partial charge in [-0.25, -0.2) is 0 Å². The molecule has 0 aromatic carbocycles. The van der Waals surface area contributed by atoms with E-state index in [1.807, 2.05) is 4.68 Å². The molecule has 0 amide bonds. The number of aromatic nitrogens is 2. The third-order valence-corrected chi connectivity index (χ3v) is 3.36. The maximum Gasteiger partial charge on any atom is 0.508 e. The Kier molecular flexibility index (Phi) is 2.11. The van der Waals surface area contributed by atoms with Gasteiger partial charge in [-0.05, 0) is 44.1 Å². The van der Waals surface area contributed by atoms with Crippen LogP contribution in [0.2, 0.25) is 0 Å². The van der Waals surface area contributed by atoms with Gasteiger partial charge in [0.1, 0.15) is 0 Å². The fraction of sp³-hybridized carbons (Fsp3) is 0.700. The second-order valence-electron chi connectivity index (χ2n) is 4.57. The maximum absolute atomic E-state index is 9.42. The lowest BCUT2D eigenvalue weighted by molar-refractivity contribution is 0.419. The average Bonchev–Trinajstić information content (AvgIpc) is 2.98. The van der Waals surface area contributed by atoms with Crippen molar-refractivity contribution >= 4 is 12.7 Å². The molecule has 80 valence electrons. The van der Waals surface area contributed by atoms with Crippen molar-refractivity contribution in [1.29, 1.82) is 0 Å². The first-order valence-electron chi connectivity index (χ1n) is 5.73. The van der Waals surface area contributed by atoms with Crippen LogP contribution in [0, 0.1) is 0 Å². The highest BCUT2D eigenvalue weighted by Crippen LogP contribution is 2.34. The minimum Gasteiger partial charge on any atom is -0.422 e. The van der Waals surface area contributed by atoms with Crippen LogP contribution in [-0.2, 0) is 12.8 Å². The molecule has 2 N–H and O–H groups in total. The molecule has 1 fully saturated rings. The van der Waals surface area contributed by atoms with Crippen LogP contribution in [0.25, 0.3) is 0 Å². The van der Waals surface area contributed by atoms with E-state index in [0.29, 0.717) is 11.6 Å². The molecule has 1 aromatic rings. The van der Waals surface area contributed by atoms with Crippen molar-refractivity contribution in [2.24, 2.45) is 0 Å². The average molecular weight is 206 g/mol. The van der Waals surface area contributed by atoms with Crippen molar-refractivity contribution in [2.45, 2.75) is 44.6 Å². The molecular formula is C10H15BN2O2. The molecule has 3 rings (SSSR count). The molecule has 1 heterocycles. The van der Waals surface area contributed by atoms with E-state index < -0.39 is 7.12 Å². The lowest BCUT2D eigenvalue weighted by Gasteiger charge is -2.11. The van der Waals surface area contributed by atoms with E-state index in [0.717, 1.165) is 43.4 Å². The Morgan fingerprint density at radius 2 is 1.93 bits per heavy atom. The van der Waals surface area contributed by atoms with Gasteiger partial charge in [0.15, 0.2) is 0 Å². The summed E-state index contributed by atoms with van der Waals surface area (Å²) in [6, 6.07) is 0.424. The molecule has 1 saturated carbocycles. The van der Waals surface area contributed by atoms with Gasteiger partial charge in [-0.15, -0.1) is 0 Å². The summed E-state index contributed by atoms with van der Waals surface area (Å²) in [6.07, 6.45) is 6.52. The van der Waals surface area contributed by atoms with Crippen LogP contribution in [0.5, 0.6) is 0 Å². The topological polar surface area (TPSA) is 58.3 Å². The number of nitrogens with zero attached hydrogens (tertiary/aromatic N) is 2. The zero-order valence-corrected chi connectivity index (χ0v) is 8.69. The summed E-state index contributed by atoms with van der Waals surface area (Å²) in [4.78, 5) is 0. The monoisotopic (exact) mass is 206 g/mol. The SMILES string of the molecule is OB(O)c1c2c(nn1C1CC1)CCCC2. The standard InChI is InChI=1S/C10H15BN2O2/c14-11(15)10-8-3-1-2-4-9(8)12-13(10)7-5-6-7/h7,14-15H,1-6H2. The Labute approximate surface area is 89.1 Å². The van der Waals surface area contributed by atoms with Crippen molar-refractivity contribution in [1.82, 2.24) is 9.78 Å². The summed E-state index contributed by atoms with van der Waals surface area (Å²) < 4.78 is 1.86. The van der Waals surface area contributed by atoms with Crippen LogP contribution >= 0.6 is 0 Å². The van der Waals surface area contributed by atoms with Crippen LogP contribution in [0.4, 0.5) is 0 Å². The van der Waals surface area contributed by atoms with Crippen LogP contribution in [-0.4, -0.2) is 26.9 Å². The molecule has 0 spiro atoms.